The van der Waals surface area contributed by atoms with Crippen LogP contribution in [0.3, 0.4) is 0 Å². The molecule has 2 fully saturated rings. The normalized spacial score (nSPS) is 32.1. The first-order chi connectivity index (χ1) is 11.4. The number of rotatable bonds is 3. The quantitative estimate of drug-likeness (QED) is 0.374. The Bertz CT molecular complexity index is 454. The molecule has 0 amide bonds. The molecule has 0 N–H and O–H groups in total. The van der Waals surface area contributed by atoms with Gasteiger partial charge in [0, 0.05) is 0 Å². The van der Waals surface area contributed by atoms with E-state index < -0.39 is 25.3 Å². The molecule has 2 aliphatic carbocycles. The molecule has 3 aliphatic rings. The van der Waals surface area contributed by atoms with E-state index in [2.05, 4.69) is 66.4 Å². The van der Waals surface area contributed by atoms with E-state index in [0.29, 0.717) is 6.67 Å². The summed E-state index contributed by atoms with van der Waals surface area (Å²) < 4.78 is 2.62. The first kappa shape index (κ1) is 23.9. The minimum atomic E-state index is -1.54. The molecule has 1 saturated heterocycles. The summed E-state index contributed by atoms with van der Waals surface area (Å²) in [5.74, 6) is 3.12. The summed E-state index contributed by atoms with van der Waals surface area (Å²) >= 11 is -0.556. The van der Waals surface area contributed by atoms with Crippen LogP contribution in [0.5, 0.6) is 0 Å². The first-order valence-corrected chi connectivity index (χ1v) is 16.1. The van der Waals surface area contributed by atoms with Crippen LogP contribution in [0.2, 0.25) is 18.6 Å². The Morgan fingerprint density at radius 1 is 1.12 bits per heavy atom. The summed E-state index contributed by atoms with van der Waals surface area (Å²) in [5, 5.41) is 9.06. The molecule has 3 nitrogen and oxygen atoms in total. The Morgan fingerprint density at radius 3 is 2.24 bits per heavy atom. The third kappa shape index (κ3) is 5.68. The van der Waals surface area contributed by atoms with Crippen molar-refractivity contribution in [2.75, 3.05) is 20.0 Å². The standard InChI is InChI=1S/C17H29N3Si.CH3.2ClH.Ti/c1-13(2)16-9-14-7-5-6-8-15(14)17(16)21(3,4)20-11-18-10-19-12-20;;;;/h5-8,13-17H,9-12H2,1-4H3;1H3;2*1H;/q-2;-1;;;+6/p-2. The second kappa shape index (κ2) is 11.0. The summed E-state index contributed by atoms with van der Waals surface area (Å²) in [4.78, 5) is 0. The van der Waals surface area contributed by atoms with Gasteiger partial charge in [0.15, 0.2) is 0 Å². The molecule has 1 aliphatic heterocycles. The zero-order valence-corrected chi connectivity index (χ0v) is 20.2. The van der Waals surface area contributed by atoms with E-state index in [1.54, 1.807) is 0 Å². The number of hydrogen-bond acceptors (Lipinski definition) is 1. The molecule has 3 rings (SSSR count). The van der Waals surface area contributed by atoms with E-state index in [0.717, 1.165) is 42.6 Å². The van der Waals surface area contributed by atoms with Gasteiger partial charge >= 0.3 is 35.6 Å². The molecular formula is C18H32Cl2N3SiTi+. The Kier molecular flexibility index (Phi) is 10.5. The van der Waals surface area contributed by atoms with Gasteiger partial charge < -0.3 is 22.6 Å². The van der Waals surface area contributed by atoms with Crippen LogP contribution in [-0.4, -0.2) is 32.8 Å². The van der Waals surface area contributed by atoms with Crippen molar-refractivity contribution in [1.82, 2.24) is 4.57 Å². The summed E-state index contributed by atoms with van der Waals surface area (Å²) in [5.41, 5.74) is 0.826. The van der Waals surface area contributed by atoms with Gasteiger partial charge in [-0.2, -0.15) is 0 Å². The number of nitrogens with zero attached hydrogens (tertiary/aromatic N) is 3. The van der Waals surface area contributed by atoms with Crippen molar-refractivity contribution in [3.63, 3.8) is 0 Å². The molecule has 0 aromatic carbocycles. The third-order valence-corrected chi connectivity index (χ3v) is 10.3. The van der Waals surface area contributed by atoms with E-state index in [-0.39, 0.29) is 7.43 Å². The first-order valence-electron chi connectivity index (χ1n) is 8.76. The number of allylic oxidation sites excluding steroid dienone is 4. The van der Waals surface area contributed by atoms with Gasteiger partial charge in [0.25, 0.3) is 0 Å². The van der Waals surface area contributed by atoms with Crippen LogP contribution in [0, 0.1) is 31.1 Å². The minimum absolute atomic E-state index is 0. The SMILES string of the molecule is CC(C)C1CC2C=CC=CC2C1[Si](C)(C)N1C[N-]C[N-]C1.[CH3-].[Cl][Ti+4][Cl]. The van der Waals surface area contributed by atoms with Crippen molar-refractivity contribution < 1.29 is 17.0 Å². The molecule has 0 aromatic rings. The van der Waals surface area contributed by atoms with Crippen molar-refractivity contribution in [3.05, 3.63) is 42.4 Å². The molecule has 4 unspecified atom stereocenters. The third-order valence-electron chi connectivity index (χ3n) is 5.95. The fraction of sp³-hybridized carbons (Fsp3) is 0.722. The van der Waals surface area contributed by atoms with Crippen LogP contribution >= 0.6 is 18.6 Å². The molecule has 0 bridgehead atoms. The van der Waals surface area contributed by atoms with Gasteiger partial charge in [-0.1, -0.05) is 51.2 Å². The van der Waals surface area contributed by atoms with Crippen LogP contribution in [-0.2, 0) is 17.0 Å². The fourth-order valence-corrected chi connectivity index (χ4v) is 8.96. The molecule has 7 heteroatoms. The van der Waals surface area contributed by atoms with Gasteiger partial charge in [-0.05, 0) is 35.6 Å². The molecule has 1 heterocycles. The van der Waals surface area contributed by atoms with Gasteiger partial charge in [-0.25, -0.2) is 0 Å². The molecule has 0 spiro atoms. The van der Waals surface area contributed by atoms with E-state index >= 15 is 0 Å². The summed E-state index contributed by atoms with van der Waals surface area (Å²) in [6.07, 6.45) is 10.8. The average molecular weight is 437 g/mol. The van der Waals surface area contributed by atoms with Gasteiger partial charge in [-0.15, -0.1) is 13.3 Å². The van der Waals surface area contributed by atoms with Crippen molar-refractivity contribution >= 4 is 26.8 Å². The Labute approximate surface area is 172 Å². The van der Waals surface area contributed by atoms with E-state index in [1.807, 2.05) is 0 Å². The average Bonchev–Trinajstić information content (AvgIpc) is 2.97. The van der Waals surface area contributed by atoms with E-state index in [9.17, 15) is 0 Å². The predicted molar refractivity (Wildman–Crippen MR) is 111 cm³/mol. The second-order valence-corrected chi connectivity index (χ2v) is 15.0. The number of halogens is 2. The van der Waals surface area contributed by atoms with Crippen molar-refractivity contribution in [1.29, 1.82) is 0 Å². The molecule has 140 valence electrons. The molecule has 0 aromatic heterocycles. The summed E-state index contributed by atoms with van der Waals surface area (Å²) in [6, 6.07) is 0. The van der Waals surface area contributed by atoms with Crippen molar-refractivity contribution in [2.45, 2.75) is 38.9 Å². The van der Waals surface area contributed by atoms with Crippen LogP contribution in [0.25, 0.3) is 10.6 Å². The van der Waals surface area contributed by atoms with E-state index in [4.69, 9.17) is 18.6 Å². The zero-order chi connectivity index (χ0) is 17.7. The predicted octanol–water partition coefficient (Wildman–Crippen LogP) is 6.36. The molecular weight excluding hydrogens is 405 g/mol. The van der Waals surface area contributed by atoms with Crippen molar-refractivity contribution in [3.8, 4) is 0 Å². The van der Waals surface area contributed by atoms with Gasteiger partial charge in [-0.3, -0.25) is 6.67 Å². The molecule has 0 radical (unpaired) electrons. The fourth-order valence-electron chi connectivity index (χ4n) is 4.74. The Balaban J connectivity index is 0.000000730. The van der Waals surface area contributed by atoms with Crippen LogP contribution in [0.4, 0.5) is 0 Å². The van der Waals surface area contributed by atoms with Crippen LogP contribution in [0.1, 0.15) is 20.3 Å². The van der Waals surface area contributed by atoms with Crippen LogP contribution in [0.15, 0.2) is 24.3 Å². The molecule has 25 heavy (non-hydrogen) atoms. The summed E-state index contributed by atoms with van der Waals surface area (Å²) in [6.45, 7) is 12.4. The Hall–Kier alpha value is 0.871. The number of hydrogen-bond donors (Lipinski definition) is 0. The second-order valence-electron chi connectivity index (χ2n) is 7.82. The monoisotopic (exact) mass is 436 g/mol. The zero-order valence-electron chi connectivity index (χ0n) is 16.1. The van der Waals surface area contributed by atoms with Crippen molar-refractivity contribution in [2.24, 2.45) is 23.7 Å². The number of fused-ring (bicyclic) bond motifs is 1. The maximum absolute atomic E-state index is 4.89. The topological polar surface area (TPSA) is 31.4 Å². The van der Waals surface area contributed by atoms with Gasteiger partial charge in [0.05, 0.1) is 0 Å². The summed E-state index contributed by atoms with van der Waals surface area (Å²) in [7, 11) is 8.23. The molecule has 4 atom stereocenters. The molecule has 1 saturated carbocycles. The maximum atomic E-state index is 4.89. The Morgan fingerprint density at radius 2 is 1.68 bits per heavy atom. The van der Waals surface area contributed by atoms with Gasteiger partial charge in [0.1, 0.15) is 8.24 Å². The van der Waals surface area contributed by atoms with Crippen LogP contribution < -0.4 is 0 Å². The van der Waals surface area contributed by atoms with Gasteiger partial charge in [0.2, 0.25) is 0 Å². The van der Waals surface area contributed by atoms with E-state index in [1.165, 1.54) is 6.42 Å².